The van der Waals surface area contributed by atoms with Crippen LogP contribution in [0.25, 0.3) is 11.1 Å². The molecular formula is C28H31N5O6. The number of carbonyl (C=O) groups is 3. The van der Waals surface area contributed by atoms with Crippen molar-refractivity contribution in [2.24, 2.45) is 11.7 Å². The predicted octanol–water partition coefficient (Wildman–Crippen LogP) is 3.13. The van der Waals surface area contributed by atoms with Crippen LogP contribution in [0.2, 0.25) is 0 Å². The second-order valence-electron chi connectivity index (χ2n) is 8.91. The van der Waals surface area contributed by atoms with Crippen LogP contribution < -0.4 is 21.1 Å². The molecule has 11 heteroatoms. The number of hydrogen-bond acceptors (Lipinski definition) is 7. The minimum Gasteiger partial charge on any atom is -0.481 e. The zero-order valence-corrected chi connectivity index (χ0v) is 21.8. The summed E-state index contributed by atoms with van der Waals surface area (Å²) in [7, 11) is 1.39. The third kappa shape index (κ3) is 6.76. The van der Waals surface area contributed by atoms with Crippen LogP contribution in [-0.2, 0) is 0 Å². The number of aliphatic hydroxyl groups is 1. The molecule has 0 aliphatic heterocycles. The fourth-order valence-electron chi connectivity index (χ4n) is 3.87. The number of nitrogens with zero attached hydrogens (tertiary/aromatic N) is 1. The second-order valence-corrected chi connectivity index (χ2v) is 8.91. The van der Waals surface area contributed by atoms with E-state index in [0.29, 0.717) is 11.3 Å². The Morgan fingerprint density at radius 1 is 1.03 bits per heavy atom. The number of amides is 2. The van der Waals surface area contributed by atoms with Gasteiger partial charge in [-0.2, -0.15) is 0 Å². The van der Waals surface area contributed by atoms with Crippen molar-refractivity contribution in [3.05, 3.63) is 77.0 Å². The molecule has 2 unspecified atom stereocenters. The Hall–Kier alpha value is -4.77. The highest BCUT2D eigenvalue weighted by molar-refractivity contribution is 6.10. The highest BCUT2D eigenvalue weighted by atomic mass is 16.5. The van der Waals surface area contributed by atoms with Gasteiger partial charge >= 0.3 is 5.97 Å². The van der Waals surface area contributed by atoms with Gasteiger partial charge in [-0.3, -0.25) is 15.0 Å². The van der Waals surface area contributed by atoms with Crippen LogP contribution in [0.5, 0.6) is 5.88 Å². The zero-order chi connectivity index (χ0) is 28.7. The fourth-order valence-corrected chi connectivity index (χ4v) is 3.87. The molecule has 3 aromatic rings. The summed E-state index contributed by atoms with van der Waals surface area (Å²) in [4.78, 5) is 42.6. The van der Waals surface area contributed by atoms with E-state index < -0.39 is 23.8 Å². The number of nitrogen functional groups attached to an aromatic ring is 1. The molecular weight excluding hydrogens is 502 g/mol. The van der Waals surface area contributed by atoms with Gasteiger partial charge in [0.05, 0.1) is 25.3 Å². The number of pyridine rings is 1. The van der Waals surface area contributed by atoms with E-state index in [1.165, 1.54) is 37.4 Å². The first kappa shape index (κ1) is 28.8. The van der Waals surface area contributed by atoms with Crippen LogP contribution in [0.4, 0.5) is 5.69 Å². The van der Waals surface area contributed by atoms with Crippen LogP contribution in [0.15, 0.2) is 54.6 Å². The summed E-state index contributed by atoms with van der Waals surface area (Å²) in [5, 5.41) is 32.6. The highest BCUT2D eigenvalue weighted by Crippen LogP contribution is 2.30. The van der Waals surface area contributed by atoms with Crippen LogP contribution in [0.1, 0.15) is 57.0 Å². The van der Waals surface area contributed by atoms with Gasteiger partial charge in [0.25, 0.3) is 11.8 Å². The van der Waals surface area contributed by atoms with Crippen LogP contribution >= 0.6 is 0 Å². The maximum atomic E-state index is 13.3. The molecule has 0 saturated carbocycles. The molecule has 0 bridgehead atoms. The quantitative estimate of drug-likeness (QED) is 0.160. The fraction of sp³-hybridized carbons (Fsp3) is 0.250. The number of benzene rings is 2. The second kappa shape index (κ2) is 12.7. The molecule has 3 rings (SSSR count). The number of methoxy groups -OCH3 is 1. The molecule has 1 aromatic heterocycles. The lowest BCUT2D eigenvalue weighted by atomic mass is 9.95. The lowest BCUT2D eigenvalue weighted by Crippen LogP contribution is -2.41. The van der Waals surface area contributed by atoms with Crippen molar-refractivity contribution >= 4 is 29.3 Å². The molecule has 11 nitrogen and oxygen atoms in total. The van der Waals surface area contributed by atoms with Crippen molar-refractivity contribution in [2.75, 3.05) is 19.0 Å². The number of aromatic nitrogens is 1. The van der Waals surface area contributed by atoms with Gasteiger partial charge in [0.2, 0.25) is 5.88 Å². The maximum absolute atomic E-state index is 13.3. The first-order chi connectivity index (χ1) is 18.6. The van der Waals surface area contributed by atoms with Gasteiger partial charge in [-0.15, -0.1) is 0 Å². The van der Waals surface area contributed by atoms with E-state index >= 15 is 0 Å². The normalized spacial score (nSPS) is 12.2. The van der Waals surface area contributed by atoms with Crippen molar-refractivity contribution in [3.8, 4) is 17.0 Å². The van der Waals surface area contributed by atoms with Gasteiger partial charge in [-0.25, -0.2) is 9.78 Å². The number of rotatable bonds is 11. The van der Waals surface area contributed by atoms with E-state index in [4.69, 9.17) is 15.9 Å². The number of ether oxygens (including phenoxy) is 1. The van der Waals surface area contributed by atoms with E-state index in [0.717, 1.165) is 6.42 Å². The number of carboxylic acids is 1. The van der Waals surface area contributed by atoms with Gasteiger partial charge in [-0.05, 0) is 53.9 Å². The number of hydrogen-bond donors (Lipinski definition) is 6. The van der Waals surface area contributed by atoms with Crippen molar-refractivity contribution in [1.82, 2.24) is 10.3 Å². The lowest BCUT2D eigenvalue weighted by molar-refractivity contribution is 0.0697. The Morgan fingerprint density at radius 2 is 1.67 bits per heavy atom. The van der Waals surface area contributed by atoms with Crippen molar-refractivity contribution in [1.29, 1.82) is 5.41 Å². The molecule has 39 heavy (non-hydrogen) atoms. The minimum atomic E-state index is -1.30. The number of anilines is 1. The van der Waals surface area contributed by atoms with E-state index in [2.05, 4.69) is 15.6 Å². The monoisotopic (exact) mass is 533 g/mol. The first-order valence-electron chi connectivity index (χ1n) is 12.2. The lowest BCUT2D eigenvalue weighted by Gasteiger charge is -2.22. The van der Waals surface area contributed by atoms with Gasteiger partial charge in [0.1, 0.15) is 11.5 Å². The standard InChI is InChI=1S/C28H31N5O6/c1-4-15(2)22(14-34)32-26(35)17-7-10-19(21(13-17)28(37)38)20-11-12-23(39-3)33-24(20)27(36)31-18-8-5-16(6-9-18)25(29)30/h5-13,15,22,34H,4,14H2,1-3H3,(H3,29,30)(H,31,36)(H,32,35)(H,37,38). The SMILES string of the molecule is CCC(C)C(CO)NC(=O)c1ccc(-c2ccc(OC)nc2C(=O)Nc2ccc(C(=N)N)cc2)c(C(=O)O)c1. The first-order valence-corrected chi connectivity index (χ1v) is 12.2. The Morgan fingerprint density at radius 3 is 2.23 bits per heavy atom. The number of aromatic carboxylic acids is 1. The summed E-state index contributed by atoms with van der Waals surface area (Å²) in [5.41, 5.74) is 6.55. The summed E-state index contributed by atoms with van der Waals surface area (Å²) in [6, 6.07) is 13.0. The summed E-state index contributed by atoms with van der Waals surface area (Å²) >= 11 is 0. The third-order valence-corrected chi connectivity index (χ3v) is 6.39. The molecule has 204 valence electrons. The van der Waals surface area contributed by atoms with E-state index in [-0.39, 0.29) is 52.2 Å². The largest absolute Gasteiger partial charge is 0.481 e. The molecule has 0 aliphatic rings. The summed E-state index contributed by atoms with van der Waals surface area (Å²) in [5.74, 6) is -2.41. The van der Waals surface area contributed by atoms with Crippen molar-refractivity contribution in [3.63, 3.8) is 0 Å². The van der Waals surface area contributed by atoms with E-state index in [1.807, 2.05) is 13.8 Å². The van der Waals surface area contributed by atoms with Gasteiger partial charge in [0, 0.05) is 28.4 Å². The molecule has 0 radical (unpaired) electrons. The van der Waals surface area contributed by atoms with Crippen LogP contribution in [0.3, 0.4) is 0 Å². The molecule has 0 spiro atoms. The molecule has 2 amide bonds. The number of aliphatic hydroxyl groups excluding tert-OH is 1. The number of carboxylic acid groups (broad SMARTS) is 1. The van der Waals surface area contributed by atoms with Crippen LogP contribution in [-0.4, -0.2) is 58.6 Å². The molecule has 1 heterocycles. The topological polar surface area (TPSA) is 188 Å². The summed E-state index contributed by atoms with van der Waals surface area (Å²) in [6.45, 7) is 3.58. The van der Waals surface area contributed by atoms with Gasteiger partial charge < -0.3 is 31.3 Å². The predicted molar refractivity (Wildman–Crippen MR) is 146 cm³/mol. The number of nitrogens with one attached hydrogen (secondary N) is 3. The molecule has 0 saturated heterocycles. The van der Waals surface area contributed by atoms with Gasteiger partial charge in [0.15, 0.2) is 0 Å². The Balaban J connectivity index is 2.01. The number of carbonyl (C=O) groups excluding carboxylic acids is 2. The summed E-state index contributed by atoms with van der Waals surface area (Å²) < 4.78 is 5.17. The smallest absolute Gasteiger partial charge is 0.336 e. The Bertz CT molecular complexity index is 1390. The summed E-state index contributed by atoms with van der Waals surface area (Å²) in [6.07, 6.45) is 0.737. The average Bonchev–Trinajstić information content (AvgIpc) is 2.94. The zero-order valence-electron chi connectivity index (χ0n) is 21.8. The Labute approximate surface area is 225 Å². The average molecular weight is 534 g/mol. The van der Waals surface area contributed by atoms with E-state index in [1.54, 1.807) is 24.3 Å². The third-order valence-electron chi connectivity index (χ3n) is 6.39. The van der Waals surface area contributed by atoms with Crippen molar-refractivity contribution in [2.45, 2.75) is 26.3 Å². The minimum absolute atomic E-state index is 0.0160. The van der Waals surface area contributed by atoms with Crippen molar-refractivity contribution < 1.29 is 29.3 Å². The molecule has 2 aromatic carbocycles. The van der Waals surface area contributed by atoms with E-state index in [9.17, 15) is 24.6 Å². The molecule has 2 atom stereocenters. The molecule has 0 fully saturated rings. The maximum Gasteiger partial charge on any atom is 0.336 e. The highest BCUT2D eigenvalue weighted by Gasteiger charge is 2.24. The molecule has 0 aliphatic carbocycles. The van der Waals surface area contributed by atoms with Crippen LogP contribution in [0, 0.1) is 11.3 Å². The molecule has 7 N–H and O–H groups in total. The number of nitrogens with two attached hydrogens (primary N) is 1. The Kier molecular flexibility index (Phi) is 9.34. The van der Waals surface area contributed by atoms with Gasteiger partial charge in [-0.1, -0.05) is 26.3 Å². The number of amidine groups is 1.